The Morgan fingerprint density at radius 1 is 1.07 bits per heavy atom. The number of aryl methyl sites for hydroxylation is 2. The molecule has 5 nitrogen and oxygen atoms in total. The summed E-state index contributed by atoms with van der Waals surface area (Å²) in [5.41, 5.74) is 5.55. The molecule has 1 heterocycles. The van der Waals surface area contributed by atoms with Crippen molar-refractivity contribution in [3.63, 3.8) is 0 Å². The third-order valence-corrected chi connectivity index (χ3v) is 7.57. The van der Waals surface area contributed by atoms with Gasteiger partial charge in [-0.05, 0) is 67.6 Å². The molecule has 1 aromatic heterocycles. The molecule has 1 aliphatic rings. The first-order valence-electron chi connectivity index (χ1n) is 10.2. The van der Waals surface area contributed by atoms with Crippen molar-refractivity contribution in [2.24, 2.45) is 0 Å². The van der Waals surface area contributed by atoms with E-state index in [1.165, 1.54) is 28.6 Å². The van der Waals surface area contributed by atoms with Crippen LogP contribution in [0.1, 0.15) is 47.4 Å². The van der Waals surface area contributed by atoms with Gasteiger partial charge in [0.2, 0.25) is 0 Å². The second-order valence-electron chi connectivity index (χ2n) is 7.49. The van der Waals surface area contributed by atoms with Gasteiger partial charge in [0.1, 0.15) is 0 Å². The van der Waals surface area contributed by atoms with Crippen molar-refractivity contribution in [2.75, 3.05) is 5.75 Å². The number of hydrogen-bond acceptors (Lipinski definition) is 3. The number of aromatic nitrogens is 1. The number of hydrogen-bond donors (Lipinski definition) is 1. The molecule has 0 spiro atoms. The first-order valence-corrected chi connectivity index (χ1v) is 11.8. The van der Waals surface area contributed by atoms with E-state index in [2.05, 4.69) is 22.9 Å². The van der Waals surface area contributed by atoms with Crippen LogP contribution in [0, 0.1) is 0 Å². The van der Waals surface area contributed by atoms with Crippen LogP contribution in [0.5, 0.6) is 0 Å². The van der Waals surface area contributed by atoms with Crippen molar-refractivity contribution < 1.29 is 13.2 Å². The van der Waals surface area contributed by atoms with Crippen molar-refractivity contribution in [1.82, 2.24) is 9.88 Å². The predicted octanol–water partition coefficient (Wildman–Crippen LogP) is 3.87. The SMILES string of the molecule is CCn1c2c(c3cc(C(=O)NCc4ccc(S(=O)(=O)CC)cc4)ccc31)CCC2. The number of sulfone groups is 1. The molecule has 0 saturated carbocycles. The number of nitrogens with one attached hydrogen (secondary N) is 1. The Kier molecular flexibility index (Phi) is 5.21. The summed E-state index contributed by atoms with van der Waals surface area (Å²) in [7, 11) is -3.20. The number of carbonyl (C=O) groups is 1. The summed E-state index contributed by atoms with van der Waals surface area (Å²) in [6.45, 7) is 5.10. The average Bonchev–Trinajstić information content (AvgIpc) is 3.32. The molecule has 0 unspecified atom stereocenters. The Labute approximate surface area is 171 Å². The Morgan fingerprint density at radius 3 is 2.52 bits per heavy atom. The fraction of sp³-hybridized carbons (Fsp3) is 0.348. The van der Waals surface area contributed by atoms with Gasteiger partial charge in [0.15, 0.2) is 9.84 Å². The Morgan fingerprint density at radius 2 is 1.83 bits per heavy atom. The molecule has 0 aliphatic heterocycles. The van der Waals surface area contributed by atoms with E-state index in [1.807, 2.05) is 12.1 Å². The summed E-state index contributed by atoms with van der Waals surface area (Å²) in [6.07, 6.45) is 3.38. The lowest BCUT2D eigenvalue weighted by atomic mass is 10.1. The zero-order valence-corrected chi connectivity index (χ0v) is 17.7. The third-order valence-electron chi connectivity index (χ3n) is 5.82. The van der Waals surface area contributed by atoms with E-state index >= 15 is 0 Å². The summed E-state index contributed by atoms with van der Waals surface area (Å²) in [4.78, 5) is 13.0. The lowest BCUT2D eigenvalue weighted by molar-refractivity contribution is 0.0951. The van der Waals surface area contributed by atoms with Crippen LogP contribution in [0.2, 0.25) is 0 Å². The van der Waals surface area contributed by atoms with Gasteiger partial charge in [-0.15, -0.1) is 0 Å². The molecule has 0 bridgehead atoms. The highest BCUT2D eigenvalue weighted by Gasteiger charge is 2.21. The number of benzene rings is 2. The van der Waals surface area contributed by atoms with Crippen LogP contribution in [-0.2, 0) is 35.8 Å². The Hall–Kier alpha value is -2.60. The zero-order valence-electron chi connectivity index (χ0n) is 16.9. The van der Waals surface area contributed by atoms with Gasteiger partial charge in [-0.3, -0.25) is 4.79 Å². The van der Waals surface area contributed by atoms with Crippen molar-refractivity contribution in [2.45, 2.75) is 51.1 Å². The van der Waals surface area contributed by atoms with Crippen LogP contribution < -0.4 is 5.32 Å². The van der Waals surface area contributed by atoms with Gasteiger partial charge in [-0.1, -0.05) is 19.1 Å². The number of rotatable bonds is 6. The van der Waals surface area contributed by atoms with Crippen LogP contribution in [-0.4, -0.2) is 24.6 Å². The van der Waals surface area contributed by atoms with E-state index in [9.17, 15) is 13.2 Å². The Bertz CT molecular complexity index is 1180. The molecule has 0 atom stereocenters. The van der Waals surface area contributed by atoms with E-state index in [0.717, 1.165) is 24.9 Å². The summed E-state index contributed by atoms with van der Waals surface area (Å²) in [5.74, 6) is -0.0391. The van der Waals surface area contributed by atoms with Crippen LogP contribution in [0.15, 0.2) is 47.4 Å². The number of nitrogens with zero attached hydrogens (tertiary/aromatic N) is 1. The predicted molar refractivity (Wildman–Crippen MR) is 115 cm³/mol. The fourth-order valence-electron chi connectivity index (χ4n) is 4.24. The third kappa shape index (κ3) is 3.57. The quantitative estimate of drug-likeness (QED) is 0.671. The molecule has 0 fully saturated rings. The second-order valence-corrected chi connectivity index (χ2v) is 9.76. The highest BCUT2D eigenvalue weighted by Crippen LogP contribution is 2.33. The maximum Gasteiger partial charge on any atom is 0.251 e. The van der Waals surface area contributed by atoms with Crippen molar-refractivity contribution >= 4 is 26.6 Å². The minimum Gasteiger partial charge on any atom is -0.348 e. The van der Waals surface area contributed by atoms with Crippen LogP contribution in [0.3, 0.4) is 0 Å². The second kappa shape index (κ2) is 7.67. The largest absolute Gasteiger partial charge is 0.348 e. The first-order chi connectivity index (χ1) is 13.9. The van der Waals surface area contributed by atoms with E-state index in [4.69, 9.17) is 0 Å². The van der Waals surface area contributed by atoms with E-state index < -0.39 is 9.84 Å². The lowest BCUT2D eigenvalue weighted by Gasteiger charge is -2.08. The maximum atomic E-state index is 12.7. The van der Waals surface area contributed by atoms with Crippen molar-refractivity contribution in [3.8, 4) is 0 Å². The number of carbonyl (C=O) groups excluding carboxylic acids is 1. The highest BCUT2D eigenvalue weighted by atomic mass is 32.2. The van der Waals surface area contributed by atoms with Crippen LogP contribution in [0.4, 0.5) is 0 Å². The summed E-state index contributed by atoms with van der Waals surface area (Å²) in [6, 6.07) is 12.6. The maximum absolute atomic E-state index is 12.7. The molecule has 4 rings (SSSR count). The topological polar surface area (TPSA) is 68.2 Å². The zero-order chi connectivity index (χ0) is 20.6. The van der Waals surface area contributed by atoms with Crippen molar-refractivity contribution in [1.29, 1.82) is 0 Å². The minimum absolute atomic E-state index is 0.0784. The highest BCUT2D eigenvalue weighted by molar-refractivity contribution is 7.91. The van der Waals surface area contributed by atoms with Gasteiger partial charge in [-0.2, -0.15) is 0 Å². The number of amides is 1. The van der Waals surface area contributed by atoms with Gasteiger partial charge in [-0.25, -0.2) is 8.42 Å². The average molecular weight is 411 g/mol. The number of fused-ring (bicyclic) bond motifs is 3. The molecular weight excluding hydrogens is 384 g/mol. The molecule has 6 heteroatoms. The summed E-state index contributed by atoms with van der Waals surface area (Å²) >= 11 is 0. The summed E-state index contributed by atoms with van der Waals surface area (Å²) in [5, 5.41) is 4.14. The lowest BCUT2D eigenvalue weighted by Crippen LogP contribution is -2.22. The van der Waals surface area contributed by atoms with Crippen LogP contribution in [0.25, 0.3) is 10.9 Å². The standard InChI is InChI=1S/C23H26N2O3S/c1-3-25-21-7-5-6-19(21)20-14-17(10-13-22(20)25)23(26)24-15-16-8-11-18(12-9-16)29(27,28)4-2/h8-14H,3-7,15H2,1-2H3,(H,24,26). The molecule has 0 radical (unpaired) electrons. The smallest absolute Gasteiger partial charge is 0.251 e. The molecule has 1 amide bonds. The molecule has 1 N–H and O–H groups in total. The van der Waals surface area contributed by atoms with Gasteiger partial charge >= 0.3 is 0 Å². The molecule has 152 valence electrons. The van der Waals surface area contributed by atoms with E-state index in [0.29, 0.717) is 17.0 Å². The van der Waals surface area contributed by atoms with E-state index in [-0.39, 0.29) is 11.7 Å². The van der Waals surface area contributed by atoms with Crippen LogP contribution >= 0.6 is 0 Å². The Balaban J connectivity index is 1.51. The monoisotopic (exact) mass is 410 g/mol. The fourth-order valence-corrected chi connectivity index (χ4v) is 5.13. The molecule has 3 aromatic rings. The van der Waals surface area contributed by atoms with Gasteiger partial charge < -0.3 is 9.88 Å². The molecule has 29 heavy (non-hydrogen) atoms. The molecule has 0 saturated heterocycles. The van der Waals surface area contributed by atoms with Gasteiger partial charge in [0, 0.05) is 35.2 Å². The molecule has 1 aliphatic carbocycles. The molecular formula is C23H26N2O3S. The molecule has 2 aromatic carbocycles. The van der Waals surface area contributed by atoms with Gasteiger partial charge in [0.25, 0.3) is 5.91 Å². The summed E-state index contributed by atoms with van der Waals surface area (Å²) < 4.78 is 26.2. The van der Waals surface area contributed by atoms with Crippen molar-refractivity contribution in [3.05, 3.63) is 64.8 Å². The van der Waals surface area contributed by atoms with E-state index in [1.54, 1.807) is 31.2 Å². The minimum atomic E-state index is -3.20. The first kappa shape index (κ1) is 19.7. The van der Waals surface area contributed by atoms with Gasteiger partial charge in [0.05, 0.1) is 10.6 Å². The normalized spacial score (nSPS) is 13.6.